The van der Waals surface area contributed by atoms with Gasteiger partial charge in [0.15, 0.2) is 16.8 Å². The summed E-state index contributed by atoms with van der Waals surface area (Å²) in [6.45, 7) is 7.90. The number of rotatable bonds is 0. The van der Waals surface area contributed by atoms with Gasteiger partial charge in [-0.3, -0.25) is 0 Å². The lowest BCUT2D eigenvalue weighted by molar-refractivity contribution is 0.00792. The molecule has 134 valence electrons. The normalized spacial score (nSPS) is 33.4. The van der Waals surface area contributed by atoms with Gasteiger partial charge in [0.2, 0.25) is 0 Å². The van der Waals surface area contributed by atoms with Crippen molar-refractivity contribution in [3.8, 4) is 0 Å². The lowest BCUT2D eigenvalue weighted by Crippen LogP contribution is -2.36. The first-order valence-electron chi connectivity index (χ1n) is 9.11. The molecule has 2 saturated heterocycles. The summed E-state index contributed by atoms with van der Waals surface area (Å²) >= 11 is 0. The molecule has 4 nitrogen and oxygen atoms in total. The maximum absolute atomic E-state index is 5.61. The second-order valence-corrected chi connectivity index (χ2v) is 10.5. The van der Waals surface area contributed by atoms with Crippen LogP contribution in [0.25, 0.3) is 0 Å². The van der Waals surface area contributed by atoms with E-state index in [2.05, 4.69) is 0 Å². The van der Waals surface area contributed by atoms with E-state index >= 15 is 0 Å². The summed E-state index contributed by atoms with van der Waals surface area (Å²) in [5, 5.41) is 0. The van der Waals surface area contributed by atoms with Gasteiger partial charge in [-0.15, -0.1) is 0 Å². The van der Waals surface area contributed by atoms with Gasteiger partial charge in [0.1, 0.15) is 0 Å². The van der Waals surface area contributed by atoms with E-state index in [0.717, 1.165) is 26.4 Å². The SMILES string of the molecule is CP1OCC2(CCCC2)CO1.CP1OCC2(CCCCC2)CO1. The lowest BCUT2D eigenvalue weighted by atomic mass is 9.75. The summed E-state index contributed by atoms with van der Waals surface area (Å²) in [6, 6.07) is 0. The Morgan fingerprint density at radius 2 is 0.826 bits per heavy atom. The minimum atomic E-state index is -0.542. The van der Waals surface area contributed by atoms with Gasteiger partial charge in [0, 0.05) is 24.2 Å². The molecule has 0 N–H and O–H groups in total. The molecule has 4 fully saturated rings. The fourth-order valence-corrected chi connectivity index (χ4v) is 6.05. The molecule has 2 aliphatic heterocycles. The van der Waals surface area contributed by atoms with E-state index in [-0.39, 0.29) is 0 Å². The fraction of sp³-hybridized carbons (Fsp3) is 1.00. The second-order valence-electron chi connectivity index (χ2n) is 7.74. The van der Waals surface area contributed by atoms with Crippen molar-refractivity contribution >= 4 is 16.8 Å². The molecular weight excluding hydrogens is 330 g/mol. The van der Waals surface area contributed by atoms with Crippen LogP contribution < -0.4 is 0 Å². The van der Waals surface area contributed by atoms with Gasteiger partial charge in [0.05, 0.1) is 26.4 Å². The number of hydrogen-bond acceptors (Lipinski definition) is 4. The van der Waals surface area contributed by atoms with E-state index < -0.39 is 16.8 Å². The third kappa shape index (κ3) is 5.09. The van der Waals surface area contributed by atoms with Crippen molar-refractivity contribution in [1.82, 2.24) is 0 Å². The maximum atomic E-state index is 5.61. The molecule has 0 radical (unpaired) electrons. The molecule has 4 rings (SSSR count). The zero-order valence-corrected chi connectivity index (χ0v) is 16.5. The third-order valence-corrected chi connectivity index (χ3v) is 7.76. The molecular formula is C17H32O4P2. The van der Waals surface area contributed by atoms with Crippen LogP contribution in [0, 0.1) is 10.8 Å². The van der Waals surface area contributed by atoms with Crippen molar-refractivity contribution in [2.45, 2.75) is 57.8 Å². The maximum Gasteiger partial charge on any atom is 0.167 e. The van der Waals surface area contributed by atoms with Crippen LogP contribution in [0.4, 0.5) is 0 Å². The zero-order chi connectivity index (χ0) is 16.2. The first-order chi connectivity index (χ1) is 11.1. The van der Waals surface area contributed by atoms with Crippen LogP contribution >= 0.6 is 16.8 Å². The Labute approximate surface area is 143 Å². The molecule has 0 unspecified atom stereocenters. The number of hydrogen-bond donors (Lipinski definition) is 0. The molecule has 0 bridgehead atoms. The van der Waals surface area contributed by atoms with Gasteiger partial charge in [-0.2, -0.15) is 0 Å². The van der Waals surface area contributed by atoms with Gasteiger partial charge in [0.25, 0.3) is 0 Å². The summed E-state index contributed by atoms with van der Waals surface area (Å²) < 4.78 is 22.3. The minimum Gasteiger partial charge on any atom is -0.334 e. The predicted molar refractivity (Wildman–Crippen MR) is 95.9 cm³/mol. The lowest BCUT2D eigenvalue weighted by Gasteiger charge is -2.41. The van der Waals surface area contributed by atoms with E-state index in [4.69, 9.17) is 18.1 Å². The van der Waals surface area contributed by atoms with Gasteiger partial charge in [-0.05, 0) is 25.7 Å². The second kappa shape index (κ2) is 8.39. The average molecular weight is 362 g/mol. The Kier molecular flexibility index (Phi) is 6.74. The van der Waals surface area contributed by atoms with Crippen molar-refractivity contribution < 1.29 is 18.1 Å². The van der Waals surface area contributed by atoms with Crippen molar-refractivity contribution in [2.75, 3.05) is 39.8 Å². The summed E-state index contributed by atoms with van der Waals surface area (Å²) in [6.07, 6.45) is 12.1. The van der Waals surface area contributed by atoms with Gasteiger partial charge >= 0.3 is 0 Å². The molecule has 6 heteroatoms. The molecule has 2 aliphatic carbocycles. The highest BCUT2D eigenvalue weighted by molar-refractivity contribution is 7.46. The van der Waals surface area contributed by atoms with E-state index in [9.17, 15) is 0 Å². The van der Waals surface area contributed by atoms with Crippen LogP contribution in [-0.2, 0) is 18.1 Å². The Balaban J connectivity index is 0.000000136. The standard InChI is InChI=1S/C9H17O2P.C8H15O2P/c1-12-10-7-9(8-11-12)5-3-2-4-6-9;1-11-9-6-8(7-10-11)4-2-3-5-8/h2-8H2,1H3;2-7H2,1H3. The van der Waals surface area contributed by atoms with Crippen molar-refractivity contribution in [2.24, 2.45) is 10.8 Å². The summed E-state index contributed by atoms with van der Waals surface area (Å²) in [7, 11) is -1.08. The third-order valence-electron chi connectivity index (χ3n) is 5.79. The quantitative estimate of drug-likeness (QED) is 0.536. The highest BCUT2D eigenvalue weighted by Crippen LogP contribution is 2.50. The molecule has 0 aromatic heterocycles. The monoisotopic (exact) mass is 362 g/mol. The average Bonchev–Trinajstić information content (AvgIpc) is 3.04. The molecule has 0 atom stereocenters. The van der Waals surface area contributed by atoms with E-state index in [1.54, 1.807) is 0 Å². The molecule has 2 saturated carbocycles. The van der Waals surface area contributed by atoms with Crippen LogP contribution in [0.2, 0.25) is 0 Å². The zero-order valence-electron chi connectivity index (χ0n) is 14.7. The van der Waals surface area contributed by atoms with Gasteiger partial charge in [-0.1, -0.05) is 32.1 Å². The molecule has 23 heavy (non-hydrogen) atoms. The van der Waals surface area contributed by atoms with E-state index in [1.165, 1.54) is 57.8 Å². The highest BCUT2D eigenvalue weighted by Gasteiger charge is 2.38. The van der Waals surface area contributed by atoms with Crippen molar-refractivity contribution in [1.29, 1.82) is 0 Å². The first-order valence-corrected chi connectivity index (χ1v) is 12.4. The Hall–Kier alpha value is 0.700. The van der Waals surface area contributed by atoms with Crippen molar-refractivity contribution in [3.63, 3.8) is 0 Å². The minimum absolute atomic E-state index is 0.410. The van der Waals surface area contributed by atoms with Crippen molar-refractivity contribution in [3.05, 3.63) is 0 Å². The molecule has 0 aromatic carbocycles. The van der Waals surface area contributed by atoms with Crippen LogP contribution in [0.5, 0.6) is 0 Å². The first kappa shape index (κ1) is 18.5. The van der Waals surface area contributed by atoms with Gasteiger partial charge in [-0.25, -0.2) is 0 Å². The van der Waals surface area contributed by atoms with E-state index in [0.29, 0.717) is 10.8 Å². The Morgan fingerprint density at radius 1 is 0.522 bits per heavy atom. The van der Waals surface area contributed by atoms with Crippen LogP contribution in [0.1, 0.15) is 57.8 Å². The summed E-state index contributed by atoms with van der Waals surface area (Å²) in [5.74, 6) is 0. The van der Waals surface area contributed by atoms with Gasteiger partial charge < -0.3 is 18.1 Å². The van der Waals surface area contributed by atoms with E-state index in [1.807, 2.05) is 13.3 Å². The smallest absolute Gasteiger partial charge is 0.167 e. The molecule has 2 spiro atoms. The van der Waals surface area contributed by atoms with Crippen LogP contribution in [0.15, 0.2) is 0 Å². The Morgan fingerprint density at radius 3 is 1.17 bits per heavy atom. The largest absolute Gasteiger partial charge is 0.334 e. The summed E-state index contributed by atoms with van der Waals surface area (Å²) in [4.78, 5) is 0. The topological polar surface area (TPSA) is 36.9 Å². The Bertz CT molecular complexity index is 348. The van der Waals surface area contributed by atoms with Crippen LogP contribution in [-0.4, -0.2) is 39.8 Å². The molecule has 0 amide bonds. The summed E-state index contributed by atoms with van der Waals surface area (Å²) in [5.41, 5.74) is 0.835. The molecule has 4 aliphatic rings. The predicted octanol–water partition coefficient (Wildman–Crippen LogP) is 5.46. The fourth-order valence-electron chi connectivity index (χ4n) is 4.07. The molecule has 0 aromatic rings. The highest BCUT2D eigenvalue weighted by atomic mass is 31.2. The van der Waals surface area contributed by atoms with Crippen LogP contribution in [0.3, 0.4) is 0 Å². The molecule has 2 heterocycles.